The second kappa shape index (κ2) is 9.27. The predicted molar refractivity (Wildman–Crippen MR) is 114 cm³/mol. The largest absolute Gasteiger partial charge is 0.496 e. The number of para-hydroxylation sites is 1. The highest BCUT2D eigenvalue weighted by atomic mass is 19.1. The van der Waals surface area contributed by atoms with Crippen molar-refractivity contribution >= 4 is 11.6 Å². The van der Waals surface area contributed by atoms with Gasteiger partial charge in [0.25, 0.3) is 0 Å². The third-order valence-electron chi connectivity index (χ3n) is 5.41. The maximum Gasteiger partial charge on any atom is 0.236 e. The van der Waals surface area contributed by atoms with E-state index in [1.807, 2.05) is 41.7 Å². The minimum absolute atomic E-state index is 0.114. The van der Waals surface area contributed by atoms with Crippen molar-refractivity contribution in [3.8, 4) is 5.75 Å². The molecule has 1 heterocycles. The quantitative estimate of drug-likeness (QED) is 0.747. The molecule has 2 aromatic carbocycles. The zero-order valence-electron chi connectivity index (χ0n) is 17.7. The minimum atomic E-state index is -0.211. The lowest BCUT2D eigenvalue weighted by molar-refractivity contribution is -0.132. The molecule has 0 saturated carbocycles. The van der Waals surface area contributed by atoms with Crippen molar-refractivity contribution in [2.45, 2.75) is 20.4 Å². The van der Waals surface area contributed by atoms with E-state index in [0.717, 1.165) is 16.9 Å². The van der Waals surface area contributed by atoms with E-state index in [0.29, 0.717) is 45.0 Å². The van der Waals surface area contributed by atoms with E-state index in [1.54, 1.807) is 19.2 Å². The van der Waals surface area contributed by atoms with E-state index in [4.69, 9.17) is 4.74 Å². The second-order valence-corrected chi connectivity index (χ2v) is 7.75. The molecule has 0 N–H and O–H groups in total. The fourth-order valence-corrected chi connectivity index (χ4v) is 4.06. The van der Waals surface area contributed by atoms with Gasteiger partial charge < -0.3 is 14.5 Å². The number of carbonyl (C=O) groups is 1. The number of nitrogens with zero attached hydrogens (tertiary/aromatic N) is 3. The number of hydrogen-bond acceptors (Lipinski definition) is 4. The van der Waals surface area contributed by atoms with E-state index in [1.165, 1.54) is 11.6 Å². The summed E-state index contributed by atoms with van der Waals surface area (Å²) in [6, 6.07) is 11.0. The van der Waals surface area contributed by atoms with E-state index in [-0.39, 0.29) is 11.7 Å². The fourth-order valence-electron chi connectivity index (χ4n) is 4.06. The lowest BCUT2D eigenvalue weighted by Crippen LogP contribution is -2.51. The summed E-state index contributed by atoms with van der Waals surface area (Å²) in [5.41, 5.74) is 3.99. The second-order valence-electron chi connectivity index (χ2n) is 7.75. The maximum absolute atomic E-state index is 14.0. The Labute approximate surface area is 172 Å². The van der Waals surface area contributed by atoms with Crippen LogP contribution in [0, 0.1) is 19.7 Å². The summed E-state index contributed by atoms with van der Waals surface area (Å²) in [7, 11) is 3.65. The highest BCUT2D eigenvalue weighted by molar-refractivity contribution is 5.78. The van der Waals surface area contributed by atoms with Crippen LogP contribution in [0.5, 0.6) is 5.75 Å². The summed E-state index contributed by atoms with van der Waals surface area (Å²) in [6.45, 7) is 7.66. The molecule has 0 bridgehead atoms. The van der Waals surface area contributed by atoms with Crippen LogP contribution in [-0.4, -0.2) is 62.6 Å². The first-order valence-electron chi connectivity index (χ1n) is 9.99. The number of aryl methyl sites for hydroxylation is 2. The summed E-state index contributed by atoms with van der Waals surface area (Å²) < 4.78 is 19.4. The SMILES string of the molecule is COc1c(C)cc(CN(C)CC(=O)N2CCN(c3ccccc3F)CC2)cc1C. The minimum Gasteiger partial charge on any atom is -0.496 e. The lowest BCUT2D eigenvalue weighted by atomic mass is 10.1. The molecule has 1 aliphatic heterocycles. The molecule has 2 aromatic rings. The van der Waals surface area contributed by atoms with E-state index in [2.05, 4.69) is 12.1 Å². The summed E-state index contributed by atoms with van der Waals surface area (Å²) in [5.74, 6) is 0.819. The molecule has 0 spiro atoms. The summed E-state index contributed by atoms with van der Waals surface area (Å²) in [4.78, 5) is 18.6. The number of hydrogen-bond donors (Lipinski definition) is 0. The molecule has 1 fully saturated rings. The number of rotatable bonds is 6. The maximum atomic E-state index is 14.0. The van der Waals surface area contributed by atoms with Gasteiger partial charge >= 0.3 is 0 Å². The molecule has 0 aliphatic carbocycles. The van der Waals surface area contributed by atoms with Gasteiger partial charge in [0.2, 0.25) is 5.91 Å². The number of carbonyl (C=O) groups excluding carboxylic acids is 1. The number of amides is 1. The van der Waals surface area contributed by atoms with Crippen molar-refractivity contribution in [3.05, 3.63) is 58.9 Å². The Bertz CT molecular complexity index is 840. The summed E-state index contributed by atoms with van der Waals surface area (Å²) in [5, 5.41) is 0. The third kappa shape index (κ3) is 5.07. The molecule has 156 valence electrons. The van der Waals surface area contributed by atoms with E-state index < -0.39 is 0 Å². The number of benzene rings is 2. The van der Waals surface area contributed by atoms with Crippen LogP contribution >= 0.6 is 0 Å². The normalized spacial score (nSPS) is 14.4. The van der Waals surface area contributed by atoms with Crippen LogP contribution in [0.4, 0.5) is 10.1 Å². The molecule has 1 aliphatic rings. The van der Waals surface area contributed by atoms with Crippen molar-refractivity contribution < 1.29 is 13.9 Å². The number of piperazine rings is 1. The zero-order chi connectivity index (χ0) is 21.0. The number of ether oxygens (including phenoxy) is 1. The topological polar surface area (TPSA) is 36.0 Å². The van der Waals surface area contributed by atoms with Crippen LogP contribution in [0.3, 0.4) is 0 Å². The molecular formula is C23H30FN3O2. The third-order valence-corrected chi connectivity index (χ3v) is 5.41. The molecule has 0 aromatic heterocycles. The average Bonchev–Trinajstić information content (AvgIpc) is 2.68. The molecule has 3 rings (SSSR count). The van der Waals surface area contributed by atoms with Gasteiger partial charge in [-0.3, -0.25) is 9.69 Å². The highest BCUT2D eigenvalue weighted by Gasteiger charge is 2.23. The molecular weight excluding hydrogens is 369 g/mol. The average molecular weight is 400 g/mol. The Kier molecular flexibility index (Phi) is 6.75. The predicted octanol–water partition coefficient (Wildman–Crippen LogP) is 3.23. The molecule has 5 nitrogen and oxygen atoms in total. The van der Waals surface area contributed by atoms with Gasteiger partial charge in [-0.1, -0.05) is 24.3 Å². The van der Waals surface area contributed by atoms with Crippen LogP contribution in [0.1, 0.15) is 16.7 Å². The van der Waals surface area contributed by atoms with Gasteiger partial charge in [-0.2, -0.15) is 0 Å². The summed E-state index contributed by atoms with van der Waals surface area (Å²) in [6.07, 6.45) is 0. The Morgan fingerprint density at radius 3 is 2.31 bits per heavy atom. The van der Waals surface area contributed by atoms with Gasteiger partial charge in [-0.15, -0.1) is 0 Å². The van der Waals surface area contributed by atoms with Crippen molar-refractivity contribution in [2.24, 2.45) is 0 Å². The van der Waals surface area contributed by atoms with E-state index >= 15 is 0 Å². The first-order valence-corrected chi connectivity index (χ1v) is 9.99. The smallest absolute Gasteiger partial charge is 0.236 e. The number of anilines is 1. The number of halogens is 1. The van der Waals surface area contributed by atoms with Gasteiger partial charge in [0.15, 0.2) is 0 Å². The van der Waals surface area contributed by atoms with Gasteiger partial charge in [0.1, 0.15) is 11.6 Å². The van der Waals surface area contributed by atoms with Crippen LogP contribution in [0.15, 0.2) is 36.4 Å². The van der Waals surface area contributed by atoms with Crippen LogP contribution in [-0.2, 0) is 11.3 Å². The highest BCUT2D eigenvalue weighted by Crippen LogP contribution is 2.25. The molecule has 1 saturated heterocycles. The fraction of sp³-hybridized carbons (Fsp3) is 0.435. The molecule has 1 amide bonds. The van der Waals surface area contributed by atoms with Crippen LogP contribution in [0.25, 0.3) is 0 Å². The zero-order valence-corrected chi connectivity index (χ0v) is 17.7. The Morgan fingerprint density at radius 1 is 1.10 bits per heavy atom. The first-order chi connectivity index (χ1) is 13.9. The van der Waals surface area contributed by atoms with Gasteiger partial charge in [-0.05, 0) is 49.7 Å². The Hall–Kier alpha value is -2.60. The number of likely N-dealkylation sites (N-methyl/N-ethyl adjacent to an activating group) is 1. The molecule has 0 atom stereocenters. The number of methoxy groups -OCH3 is 1. The monoisotopic (exact) mass is 399 g/mol. The van der Waals surface area contributed by atoms with Crippen LogP contribution in [0.2, 0.25) is 0 Å². The summed E-state index contributed by atoms with van der Waals surface area (Å²) >= 11 is 0. The van der Waals surface area contributed by atoms with Crippen molar-refractivity contribution in [2.75, 3.05) is 51.8 Å². The molecule has 0 unspecified atom stereocenters. The van der Waals surface area contributed by atoms with Gasteiger partial charge in [0, 0.05) is 32.7 Å². The Morgan fingerprint density at radius 2 is 1.72 bits per heavy atom. The molecule has 0 radical (unpaired) electrons. The van der Waals surface area contributed by atoms with Gasteiger partial charge in [-0.25, -0.2) is 4.39 Å². The van der Waals surface area contributed by atoms with Gasteiger partial charge in [0.05, 0.1) is 19.3 Å². The standard InChI is InChI=1S/C23H30FN3O2/c1-17-13-19(14-18(2)23(17)29-4)15-25(3)16-22(28)27-11-9-26(10-12-27)21-8-6-5-7-20(21)24/h5-8,13-14H,9-12,15-16H2,1-4H3. The van der Waals surface area contributed by atoms with Crippen LogP contribution < -0.4 is 9.64 Å². The van der Waals surface area contributed by atoms with E-state index in [9.17, 15) is 9.18 Å². The first kappa shape index (κ1) is 21.1. The van der Waals surface area contributed by atoms with Crippen molar-refractivity contribution in [1.29, 1.82) is 0 Å². The van der Waals surface area contributed by atoms with Crippen molar-refractivity contribution in [1.82, 2.24) is 9.80 Å². The Balaban J connectivity index is 1.52. The van der Waals surface area contributed by atoms with Crippen molar-refractivity contribution in [3.63, 3.8) is 0 Å². The molecule has 6 heteroatoms. The molecule has 29 heavy (non-hydrogen) atoms. The lowest BCUT2D eigenvalue weighted by Gasteiger charge is -2.36.